The maximum absolute atomic E-state index is 12.0. The first-order valence-electron chi connectivity index (χ1n) is 4.47. The standard InChI is InChI=1S/C5H4F4O2.C3F4O2/c1-4(5(7,8)9)10-2-3(6)11-4;4-1-2(5)9-3(6,7)8-1/h2H,1H3;. The highest BCUT2D eigenvalue weighted by Crippen LogP contribution is 2.40. The average molecular weight is 316 g/mol. The second-order valence-corrected chi connectivity index (χ2v) is 3.30. The van der Waals surface area contributed by atoms with Gasteiger partial charge in [-0.15, -0.1) is 8.78 Å². The lowest BCUT2D eigenvalue weighted by molar-refractivity contribution is -0.345. The fraction of sp³-hybridized carbons (Fsp3) is 0.500. The molecule has 0 radical (unpaired) electrons. The zero-order chi connectivity index (χ0) is 15.8. The van der Waals surface area contributed by atoms with Gasteiger partial charge in [0.2, 0.25) is 0 Å². The Labute approximate surface area is 105 Å². The van der Waals surface area contributed by atoms with Crippen LogP contribution in [0.25, 0.3) is 0 Å². The molecule has 0 N–H and O–H groups in total. The van der Waals surface area contributed by atoms with Crippen molar-refractivity contribution in [3.8, 4) is 0 Å². The summed E-state index contributed by atoms with van der Waals surface area (Å²) >= 11 is 0. The lowest BCUT2D eigenvalue weighted by Crippen LogP contribution is -2.43. The van der Waals surface area contributed by atoms with Crippen LogP contribution in [0, 0.1) is 0 Å². The van der Waals surface area contributed by atoms with E-state index in [1.54, 1.807) is 0 Å². The predicted molar refractivity (Wildman–Crippen MR) is 42.2 cm³/mol. The van der Waals surface area contributed by atoms with Crippen molar-refractivity contribution in [3.63, 3.8) is 0 Å². The van der Waals surface area contributed by atoms with Crippen molar-refractivity contribution in [2.75, 3.05) is 0 Å². The van der Waals surface area contributed by atoms with Gasteiger partial charge < -0.3 is 18.9 Å². The lowest BCUT2D eigenvalue weighted by atomic mass is 10.3. The molecular formula is C8H4F8O4. The Balaban J connectivity index is 0.000000204. The molecule has 2 heterocycles. The number of halogens is 8. The topological polar surface area (TPSA) is 36.9 Å². The molecular weight excluding hydrogens is 312 g/mol. The van der Waals surface area contributed by atoms with Gasteiger partial charge in [0, 0.05) is 6.92 Å². The molecule has 0 spiro atoms. The van der Waals surface area contributed by atoms with Crippen LogP contribution in [0.1, 0.15) is 6.92 Å². The lowest BCUT2D eigenvalue weighted by Gasteiger charge is -2.24. The molecule has 4 nitrogen and oxygen atoms in total. The SMILES string of the molecule is CC1(C(F)(F)F)OC=C(F)O1.FC1=C(F)OC(F)(F)O1. The molecule has 0 saturated carbocycles. The van der Waals surface area contributed by atoms with Crippen molar-refractivity contribution in [3.05, 3.63) is 24.3 Å². The van der Waals surface area contributed by atoms with Crippen LogP contribution in [-0.2, 0) is 18.9 Å². The molecule has 1 atom stereocenters. The second-order valence-electron chi connectivity index (χ2n) is 3.30. The van der Waals surface area contributed by atoms with Crippen LogP contribution in [0.15, 0.2) is 24.3 Å². The van der Waals surface area contributed by atoms with Crippen LogP contribution >= 0.6 is 0 Å². The van der Waals surface area contributed by atoms with Gasteiger partial charge in [0.05, 0.1) is 0 Å². The smallest absolute Gasteiger partial charge is 0.446 e. The first-order chi connectivity index (χ1) is 8.86. The zero-order valence-electron chi connectivity index (χ0n) is 9.23. The highest BCUT2D eigenvalue weighted by atomic mass is 19.4. The van der Waals surface area contributed by atoms with E-state index in [0.29, 0.717) is 6.92 Å². The molecule has 0 aromatic rings. The summed E-state index contributed by atoms with van der Waals surface area (Å²) in [6.07, 6.45) is -8.64. The quantitative estimate of drug-likeness (QED) is 0.638. The zero-order valence-corrected chi connectivity index (χ0v) is 9.23. The van der Waals surface area contributed by atoms with Crippen molar-refractivity contribution >= 4 is 0 Å². The molecule has 2 aliphatic heterocycles. The minimum Gasteiger partial charge on any atom is -0.446 e. The van der Waals surface area contributed by atoms with Gasteiger partial charge >= 0.3 is 36.3 Å². The van der Waals surface area contributed by atoms with Gasteiger partial charge in [0.15, 0.2) is 6.26 Å². The molecule has 0 aliphatic carbocycles. The predicted octanol–water partition coefficient (Wildman–Crippen LogP) is 3.73. The summed E-state index contributed by atoms with van der Waals surface area (Å²) in [5, 5.41) is 0. The normalized spacial score (nSPS) is 27.6. The van der Waals surface area contributed by atoms with Gasteiger partial charge in [-0.2, -0.15) is 26.3 Å². The summed E-state index contributed by atoms with van der Waals surface area (Å²) in [5.74, 6) is -2.86. The van der Waals surface area contributed by atoms with Crippen LogP contribution in [0.4, 0.5) is 35.1 Å². The summed E-state index contributed by atoms with van der Waals surface area (Å²) in [6.45, 7) is 0.593. The molecule has 0 amide bonds. The fourth-order valence-corrected chi connectivity index (χ4v) is 0.827. The van der Waals surface area contributed by atoms with E-state index in [9.17, 15) is 35.1 Å². The third-order valence-corrected chi connectivity index (χ3v) is 1.76. The Morgan fingerprint density at radius 2 is 1.40 bits per heavy atom. The van der Waals surface area contributed by atoms with Crippen molar-refractivity contribution < 1.29 is 54.1 Å². The molecule has 0 aromatic heterocycles. The van der Waals surface area contributed by atoms with Crippen LogP contribution < -0.4 is 0 Å². The third kappa shape index (κ3) is 3.57. The number of rotatable bonds is 0. The minimum absolute atomic E-state index is 0.285. The molecule has 0 aromatic carbocycles. The molecule has 2 rings (SSSR count). The summed E-state index contributed by atoms with van der Waals surface area (Å²) in [4.78, 5) is 0. The summed E-state index contributed by atoms with van der Waals surface area (Å²) in [5.41, 5.74) is 0. The van der Waals surface area contributed by atoms with E-state index in [0.717, 1.165) is 0 Å². The van der Waals surface area contributed by atoms with Crippen molar-refractivity contribution in [2.24, 2.45) is 0 Å². The van der Waals surface area contributed by atoms with E-state index in [4.69, 9.17) is 0 Å². The first kappa shape index (κ1) is 16.2. The maximum atomic E-state index is 12.0. The average Bonchev–Trinajstić information content (AvgIpc) is 2.68. The summed E-state index contributed by atoms with van der Waals surface area (Å²) in [7, 11) is 0. The number of ether oxygens (including phenoxy) is 4. The highest BCUT2D eigenvalue weighted by Gasteiger charge is 2.59. The van der Waals surface area contributed by atoms with E-state index in [1.165, 1.54) is 0 Å². The fourth-order valence-electron chi connectivity index (χ4n) is 0.827. The number of hydrogen-bond acceptors (Lipinski definition) is 4. The Bertz CT molecular complexity index is 426. The van der Waals surface area contributed by atoms with Crippen LogP contribution in [0.2, 0.25) is 0 Å². The first-order valence-corrected chi connectivity index (χ1v) is 4.47. The second kappa shape index (κ2) is 4.90. The van der Waals surface area contributed by atoms with Gasteiger partial charge in [-0.05, 0) is 0 Å². The molecule has 0 bridgehead atoms. The van der Waals surface area contributed by atoms with Crippen LogP contribution in [-0.4, -0.2) is 18.3 Å². The van der Waals surface area contributed by atoms with E-state index in [-0.39, 0.29) is 6.26 Å². The Hall–Kier alpha value is -1.88. The minimum atomic E-state index is -4.74. The van der Waals surface area contributed by atoms with E-state index in [2.05, 4.69) is 18.9 Å². The molecule has 0 fully saturated rings. The molecule has 0 saturated heterocycles. The van der Waals surface area contributed by atoms with Crippen molar-refractivity contribution in [2.45, 2.75) is 25.2 Å². The van der Waals surface area contributed by atoms with E-state index >= 15 is 0 Å². The number of hydrogen-bond donors (Lipinski definition) is 0. The van der Waals surface area contributed by atoms with Gasteiger partial charge in [-0.25, -0.2) is 0 Å². The van der Waals surface area contributed by atoms with Gasteiger partial charge in [-0.1, -0.05) is 0 Å². The molecule has 116 valence electrons. The molecule has 12 heteroatoms. The highest BCUT2D eigenvalue weighted by molar-refractivity contribution is 4.91. The molecule has 2 aliphatic rings. The maximum Gasteiger partial charge on any atom is 0.589 e. The third-order valence-electron chi connectivity index (χ3n) is 1.76. The molecule has 20 heavy (non-hydrogen) atoms. The monoisotopic (exact) mass is 316 g/mol. The van der Waals surface area contributed by atoms with E-state index < -0.39 is 36.3 Å². The molecule has 1 unspecified atom stereocenters. The van der Waals surface area contributed by atoms with Crippen molar-refractivity contribution in [1.29, 1.82) is 0 Å². The Morgan fingerprint density at radius 1 is 0.950 bits per heavy atom. The van der Waals surface area contributed by atoms with Crippen LogP contribution in [0.5, 0.6) is 0 Å². The largest absolute Gasteiger partial charge is 0.589 e. The van der Waals surface area contributed by atoms with Gasteiger partial charge in [0.1, 0.15) is 0 Å². The summed E-state index contributed by atoms with van der Waals surface area (Å²) < 4.78 is 107. The van der Waals surface area contributed by atoms with Crippen LogP contribution in [0.3, 0.4) is 0 Å². The summed E-state index contributed by atoms with van der Waals surface area (Å²) in [6, 6.07) is -5.43. The van der Waals surface area contributed by atoms with E-state index in [1.807, 2.05) is 0 Å². The Morgan fingerprint density at radius 3 is 1.55 bits per heavy atom. The van der Waals surface area contributed by atoms with Gasteiger partial charge in [-0.3, -0.25) is 0 Å². The Kier molecular flexibility index (Phi) is 3.97. The van der Waals surface area contributed by atoms with Crippen molar-refractivity contribution in [1.82, 2.24) is 0 Å². The van der Waals surface area contributed by atoms with Gasteiger partial charge in [0.25, 0.3) is 0 Å². The number of alkyl halides is 5.